The van der Waals surface area contributed by atoms with Gasteiger partial charge in [0.05, 0.1) is 12.3 Å². The van der Waals surface area contributed by atoms with Crippen LogP contribution in [0.25, 0.3) is 21.7 Å². The standard InChI is InChI=1S/C29H23NO3/c31-29(27-11-5-9-20-6-3-4-10-26(20)27)30-18-23-8-2-1-7-21(23)16-24(30)19-33-25-12-13-28-22(17-25)14-15-32-28/h1-15,17,24H,16,18-19H2. The van der Waals surface area contributed by atoms with E-state index in [1.165, 1.54) is 11.1 Å². The van der Waals surface area contributed by atoms with E-state index >= 15 is 0 Å². The Kier molecular flexibility index (Phi) is 4.84. The lowest BCUT2D eigenvalue weighted by molar-refractivity contribution is 0.0568. The van der Waals surface area contributed by atoms with E-state index < -0.39 is 0 Å². The molecule has 1 atom stereocenters. The minimum absolute atomic E-state index is 0.0418. The molecule has 5 aromatic rings. The van der Waals surface area contributed by atoms with Crippen LogP contribution in [-0.2, 0) is 13.0 Å². The minimum Gasteiger partial charge on any atom is -0.491 e. The van der Waals surface area contributed by atoms with Crippen LogP contribution in [0.3, 0.4) is 0 Å². The van der Waals surface area contributed by atoms with Gasteiger partial charge < -0.3 is 14.1 Å². The molecule has 4 aromatic carbocycles. The summed E-state index contributed by atoms with van der Waals surface area (Å²) in [6.07, 6.45) is 2.44. The van der Waals surface area contributed by atoms with Crippen LogP contribution in [0.4, 0.5) is 0 Å². The van der Waals surface area contributed by atoms with Crippen LogP contribution in [0.5, 0.6) is 5.75 Å². The van der Waals surface area contributed by atoms with Crippen molar-refractivity contribution in [2.75, 3.05) is 6.61 Å². The molecule has 1 amide bonds. The predicted octanol–water partition coefficient (Wildman–Crippen LogP) is 6.23. The molecule has 162 valence electrons. The van der Waals surface area contributed by atoms with Crippen LogP contribution in [0.15, 0.2) is 102 Å². The van der Waals surface area contributed by atoms with Crippen molar-refractivity contribution in [1.29, 1.82) is 0 Å². The molecular weight excluding hydrogens is 410 g/mol. The van der Waals surface area contributed by atoms with Crippen molar-refractivity contribution in [3.8, 4) is 5.75 Å². The fourth-order valence-electron chi connectivity index (χ4n) is 4.77. The second-order valence-electron chi connectivity index (χ2n) is 8.52. The molecule has 0 fully saturated rings. The van der Waals surface area contributed by atoms with E-state index in [0.29, 0.717) is 13.2 Å². The molecular formula is C29H23NO3. The van der Waals surface area contributed by atoms with E-state index in [1.54, 1.807) is 6.26 Å². The van der Waals surface area contributed by atoms with E-state index in [9.17, 15) is 4.79 Å². The van der Waals surface area contributed by atoms with Gasteiger partial charge in [0.2, 0.25) is 0 Å². The number of ether oxygens (including phenoxy) is 1. The van der Waals surface area contributed by atoms with Gasteiger partial charge >= 0.3 is 0 Å². The molecule has 6 rings (SSSR count). The van der Waals surface area contributed by atoms with Gasteiger partial charge in [-0.25, -0.2) is 0 Å². The first-order valence-electron chi connectivity index (χ1n) is 11.2. The lowest BCUT2D eigenvalue weighted by atomic mass is 9.93. The molecule has 0 saturated carbocycles. The Balaban J connectivity index is 1.32. The highest BCUT2D eigenvalue weighted by Gasteiger charge is 2.31. The van der Waals surface area contributed by atoms with Crippen LogP contribution in [0, 0.1) is 0 Å². The SMILES string of the molecule is O=C(c1cccc2ccccc12)N1Cc2ccccc2CC1COc1ccc2occc2c1. The van der Waals surface area contributed by atoms with Crippen LogP contribution in [0.2, 0.25) is 0 Å². The van der Waals surface area contributed by atoms with Gasteiger partial charge in [0.25, 0.3) is 5.91 Å². The van der Waals surface area contributed by atoms with Crippen LogP contribution < -0.4 is 4.74 Å². The number of carbonyl (C=O) groups excluding carboxylic acids is 1. The number of rotatable bonds is 4. The van der Waals surface area contributed by atoms with Crippen molar-refractivity contribution < 1.29 is 13.9 Å². The highest BCUT2D eigenvalue weighted by atomic mass is 16.5. The first-order valence-corrected chi connectivity index (χ1v) is 11.2. The smallest absolute Gasteiger partial charge is 0.255 e. The third kappa shape index (κ3) is 3.64. The zero-order valence-electron chi connectivity index (χ0n) is 18.1. The van der Waals surface area contributed by atoms with Gasteiger partial charge in [-0.3, -0.25) is 4.79 Å². The number of carbonyl (C=O) groups is 1. The van der Waals surface area contributed by atoms with Gasteiger partial charge in [0, 0.05) is 17.5 Å². The number of hydrogen-bond acceptors (Lipinski definition) is 3. The number of hydrogen-bond donors (Lipinski definition) is 0. The zero-order valence-corrected chi connectivity index (χ0v) is 18.1. The maximum absolute atomic E-state index is 13.8. The Labute approximate surface area is 192 Å². The van der Waals surface area contributed by atoms with Crippen molar-refractivity contribution in [3.63, 3.8) is 0 Å². The van der Waals surface area contributed by atoms with Gasteiger partial charge in [-0.1, -0.05) is 60.7 Å². The molecule has 0 radical (unpaired) electrons. The third-order valence-electron chi connectivity index (χ3n) is 6.50. The maximum atomic E-state index is 13.8. The average Bonchev–Trinajstić information content (AvgIpc) is 3.34. The van der Waals surface area contributed by atoms with Crippen molar-refractivity contribution in [2.24, 2.45) is 0 Å². The number of fused-ring (bicyclic) bond motifs is 3. The summed E-state index contributed by atoms with van der Waals surface area (Å²) < 4.78 is 11.6. The summed E-state index contributed by atoms with van der Waals surface area (Å²) in [5.74, 6) is 0.820. The summed E-state index contributed by atoms with van der Waals surface area (Å²) in [5.41, 5.74) is 4.04. The van der Waals surface area contributed by atoms with Crippen LogP contribution in [-0.4, -0.2) is 23.5 Å². The Hall–Kier alpha value is -4.05. The van der Waals surface area contributed by atoms with Gasteiger partial charge in [-0.05, 0) is 58.7 Å². The minimum atomic E-state index is -0.0635. The molecule has 33 heavy (non-hydrogen) atoms. The highest BCUT2D eigenvalue weighted by Crippen LogP contribution is 2.29. The van der Waals surface area contributed by atoms with E-state index in [0.717, 1.165) is 39.5 Å². The van der Waals surface area contributed by atoms with Gasteiger partial charge in [0.15, 0.2) is 0 Å². The fraction of sp³-hybridized carbons (Fsp3) is 0.138. The molecule has 0 N–H and O–H groups in total. The van der Waals surface area contributed by atoms with Crippen molar-refractivity contribution in [1.82, 2.24) is 4.90 Å². The van der Waals surface area contributed by atoms with Gasteiger partial charge in [-0.2, -0.15) is 0 Å². The lowest BCUT2D eigenvalue weighted by Crippen LogP contribution is -2.47. The molecule has 0 bridgehead atoms. The molecule has 1 unspecified atom stereocenters. The summed E-state index contributed by atoms with van der Waals surface area (Å²) in [6, 6.07) is 30.0. The predicted molar refractivity (Wildman–Crippen MR) is 129 cm³/mol. The molecule has 4 heteroatoms. The molecule has 0 saturated heterocycles. The normalized spacial score (nSPS) is 15.5. The molecule has 1 aromatic heterocycles. The molecule has 1 aliphatic rings. The highest BCUT2D eigenvalue weighted by molar-refractivity contribution is 6.07. The number of furan rings is 1. The second kappa shape index (κ2) is 8.14. The lowest BCUT2D eigenvalue weighted by Gasteiger charge is -2.37. The second-order valence-corrected chi connectivity index (χ2v) is 8.52. The Morgan fingerprint density at radius 1 is 0.879 bits per heavy atom. The monoisotopic (exact) mass is 433 g/mol. The van der Waals surface area contributed by atoms with Gasteiger partial charge in [0.1, 0.15) is 17.9 Å². The summed E-state index contributed by atoms with van der Waals surface area (Å²) >= 11 is 0. The zero-order chi connectivity index (χ0) is 22.2. The average molecular weight is 434 g/mol. The van der Waals surface area contributed by atoms with Crippen molar-refractivity contribution in [2.45, 2.75) is 19.0 Å². The molecule has 0 aliphatic carbocycles. The summed E-state index contributed by atoms with van der Waals surface area (Å²) in [4.78, 5) is 15.8. The van der Waals surface area contributed by atoms with Crippen LogP contribution in [0.1, 0.15) is 21.5 Å². The van der Waals surface area contributed by atoms with E-state index in [1.807, 2.05) is 77.7 Å². The summed E-state index contributed by atoms with van der Waals surface area (Å²) in [7, 11) is 0. The first kappa shape index (κ1) is 19.6. The quantitative estimate of drug-likeness (QED) is 0.337. The molecule has 1 aliphatic heterocycles. The Morgan fingerprint density at radius 2 is 1.70 bits per heavy atom. The maximum Gasteiger partial charge on any atom is 0.255 e. The molecule has 4 nitrogen and oxygen atoms in total. The van der Waals surface area contributed by atoms with Crippen LogP contribution >= 0.6 is 0 Å². The summed E-state index contributed by atoms with van der Waals surface area (Å²) in [5, 5.41) is 3.06. The Bertz CT molecular complexity index is 1460. The third-order valence-corrected chi connectivity index (χ3v) is 6.50. The van der Waals surface area contributed by atoms with Crippen molar-refractivity contribution >= 4 is 27.6 Å². The number of amides is 1. The first-order chi connectivity index (χ1) is 16.3. The topological polar surface area (TPSA) is 42.7 Å². The Morgan fingerprint density at radius 3 is 2.64 bits per heavy atom. The van der Waals surface area contributed by atoms with Gasteiger partial charge in [-0.15, -0.1) is 0 Å². The number of benzene rings is 4. The van der Waals surface area contributed by atoms with E-state index in [-0.39, 0.29) is 11.9 Å². The molecule has 0 spiro atoms. The van der Waals surface area contributed by atoms with Crippen molar-refractivity contribution in [3.05, 3.63) is 114 Å². The fourth-order valence-corrected chi connectivity index (χ4v) is 4.77. The summed E-state index contributed by atoms with van der Waals surface area (Å²) in [6.45, 7) is 1.00. The number of nitrogens with zero attached hydrogens (tertiary/aromatic N) is 1. The largest absolute Gasteiger partial charge is 0.491 e. The van der Waals surface area contributed by atoms with E-state index in [4.69, 9.17) is 9.15 Å². The van der Waals surface area contributed by atoms with E-state index in [2.05, 4.69) is 18.2 Å². The molecule has 2 heterocycles.